The van der Waals surface area contributed by atoms with Crippen LogP contribution in [0.3, 0.4) is 0 Å². The number of aromatic nitrogens is 3. The minimum atomic E-state index is -4.73. The second-order valence-electron chi connectivity index (χ2n) is 6.48. The van der Waals surface area contributed by atoms with Gasteiger partial charge in [0.2, 0.25) is 0 Å². The van der Waals surface area contributed by atoms with E-state index in [0.29, 0.717) is 27.6 Å². The molecule has 0 aliphatic carbocycles. The van der Waals surface area contributed by atoms with Gasteiger partial charge in [0.15, 0.2) is 0 Å². The number of para-hydroxylation sites is 1. The molecule has 0 saturated heterocycles. The van der Waals surface area contributed by atoms with Crippen LogP contribution in [0.2, 0.25) is 5.15 Å². The van der Waals surface area contributed by atoms with Gasteiger partial charge in [0.05, 0.1) is 28.3 Å². The van der Waals surface area contributed by atoms with Crippen LogP contribution in [0.4, 0.5) is 18.9 Å². The summed E-state index contributed by atoms with van der Waals surface area (Å²) in [5.74, 6) is -0.187. The van der Waals surface area contributed by atoms with Gasteiger partial charge >= 0.3 is 6.18 Å². The first-order valence-electron chi connectivity index (χ1n) is 8.79. The zero-order chi connectivity index (χ0) is 22.2. The third kappa shape index (κ3) is 4.06. The molecule has 0 fully saturated rings. The predicted molar refractivity (Wildman–Crippen MR) is 108 cm³/mol. The lowest BCUT2D eigenvalue weighted by Gasteiger charge is -2.12. The van der Waals surface area contributed by atoms with Crippen molar-refractivity contribution in [3.63, 3.8) is 0 Å². The Balaban J connectivity index is 1.69. The molecule has 0 spiro atoms. The summed E-state index contributed by atoms with van der Waals surface area (Å²) in [6.45, 7) is 0. The summed E-state index contributed by atoms with van der Waals surface area (Å²) in [6.07, 6.45) is -3.20. The lowest BCUT2D eigenvalue weighted by atomic mass is 10.1. The predicted octanol–water partition coefficient (Wildman–Crippen LogP) is 5.42. The van der Waals surface area contributed by atoms with Gasteiger partial charge < -0.3 is 10.3 Å². The zero-order valence-corrected chi connectivity index (χ0v) is 16.2. The largest absolute Gasteiger partial charge is 0.417 e. The molecule has 4 aromatic rings. The van der Waals surface area contributed by atoms with E-state index in [9.17, 15) is 18.0 Å². The van der Waals surface area contributed by atoms with E-state index in [-0.39, 0.29) is 11.3 Å². The maximum absolute atomic E-state index is 13.2. The van der Waals surface area contributed by atoms with Crippen molar-refractivity contribution in [3.8, 4) is 17.5 Å². The van der Waals surface area contributed by atoms with E-state index >= 15 is 0 Å². The highest BCUT2D eigenvalue weighted by atomic mass is 35.5. The molecule has 0 aliphatic heterocycles. The number of H-pyrrole nitrogens is 1. The highest BCUT2D eigenvalue weighted by Crippen LogP contribution is 2.34. The van der Waals surface area contributed by atoms with E-state index in [0.717, 1.165) is 12.1 Å². The minimum absolute atomic E-state index is 0.0917. The summed E-state index contributed by atoms with van der Waals surface area (Å²) in [7, 11) is 0. The van der Waals surface area contributed by atoms with E-state index in [1.54, 1.807) is 24.3 Å². The average Bonchev–Trinajstić information content (AvgIpc) is 3.18. The SMILES string of the molecule is N#Cc1ccc(NC(=O)c2cccc3[nH]c(-c4ccc(Cl)nc4)nc23)cc1C(F)(F)F. The number of nitriles is 1. The number of halogens is 4. The van der Waals surface area contributed by atoms with Crippen LogP contribution >= 0.6 is 11.6 Å². The number of hydrogen-bond donors (Lipinski definition) is 2. The number of rotatable bonds is 3. The van der Waals surface area contributed by atoms with Gasteiger partial charge in [0, 0.05) is 17.4 Å². The Hall–Kier alpha value is -3.90. The fraction of sp³-hybridized carbons (Fsp3) is 0.0476. The normalized spacial score (nSPS) is 11.3. The maximum atomic E-state index is 13.2. The summed E-state index contributed by atoms with van der Waals surface area (Å²) in [6, 6.07) is 12.6. The van der Waals surface area contributed by atoms with Crippen molar-refractivity contribution in [1.82, 2.24) is 15.0 Å². The van der Waals surface area contributed by atoms with E-state index in [1.165, 1.54) is 24.4 Å². The number of nitrogens with zero attached hydrogens (tertiary/aromatic N) is 3. The molecule has 6 nitrogen and oxygen atoms in total. The molecule has 10 heteroatoms. The Morgan fingerprint density at radius 2 is 1.97 bits per heavy atom. The Labute approximate surface area is 178 Å². The smallest absolute Gasteiger partial charge is 0.338 e. The van der Waals surface area contributed by atoms with Crippen molar-refractivity contribution >= 4 is 34.2 Å². The number of fused-ring (bicyclic) bond motifs is 1. The third-order valence-electron chi connectivity index (χ3n) is 4.46. The van der Waals surface area contributed by atoms with Gasteiger partial charge in [0.1, 0.15) is 16.5 Å². The van der Waals surface area contributed by atoms with Crippen molar-refractivity contribution in [2.45, 2.75) is 6.18 Å². The summed E-state index contributed by atoms with van der Waals surface area (Å²) in [5, 5.41) is 11.7. The molecule has 0 atom stereocenters. The number of carbonyl (C=O) groups is 1. The summed E-state index contributed by atoms with van der Waals surface area (Å²) >= 11 is 5.80. The molecule has 2 N–H and O–H groups in total. The molecule has 0 bridgehead atoms. The zero-order valence-electron chi connectivity index (χ0n) is 15.5. The molecular formula is C21H11ClF3N5O. The standard InChI is InChI=1S/C21H11ClF3N5O/c22-17-7-5-12(10-27-17)19-29-16-3-1-2-14(18(16)30-19)20(31)28-13-6-4-11(9-26)15(8-13)21(23,24)25/h1-8,10H,(H,28,31)(H,29,30). The first-order valence-corrected chi connectivity index (χ1v) is 9.17. The van der Waals surface area contributed by atoms with Crippen molar-refractivity contribution < 1.29 is 18.0 Å². The van der Waals surface area contributed by atoms with Crippen LogP contribution in [-0.4, -0.2) is 20.9 Å². The first-order chi connectivity index (χ1) is 14.8. The molecule has 31 heavy (non-hydrogen) atoms. The summed E-state index contributed by atoms with van der Waals surface area (Å²) in [4.78, 5) is 24.3. The van der Waals surface area contributed by atoms with Gasteiger partial charge in [-0.2, -0.15) is 18.4 Å². The molecule has 2 aromatic heterocycles. The number of benzene rings is 2. The molecule has 0 aliphatic rings. The lowest BCUT2D eigenvalue weighted by molar-refractivity contribution is -0.137. The second kappa shape index (κ2) is 7.74. The number of anilines is 1. The van der Waals surface area contributed by atoms with Crippen molar-refractivity contribution in [3.05, 3.63) is 76.6 Å². The fourth-order valence-electron chi connectivity index (χ4n) is 3.02. The van der Waals surface area contributed by atoms with Gasteiger partial charge in [-0.3, -0.25) is 4.79 Å². The summed E-state index contributed by atoms with van der Waals surface area (Å²) < 4.78 is 39.5. The number of aromatic amines is 1. The van der Waals surface area contributed by atoms with E-state index in [4.69, 9.17) is 16.9 Å². The van der Waals surface area contributed by atoms with Crippen LogP contribution in [0.15, 0.2) is 54.7 Å². The molecule has 0 unspecified atom stereocenters. The van der Waals surface area contributed by atoms with E-state index < -0.39 is 23.2 Å². The quantitative estimate of drug-likeness (QED) is 0.415. The topological polar surface area (TPSA) is 94.5 Å². The number of carbonyl (C=O) groups excluding carboxylic acids is 1. The maximum Gasteiger partial charge on any atom is 0.417 e. The molecule has 0 radical (unpaired) electrons. The number of alkyl halides is 3. The molecule has 154 valence electrons. The number of imidazole rings is 1. The third-order valence-corrected chi connectivity index (χ3v) is 4.69. The van der Waals surface area contributed by atoms with Gasteiger partial charge in [-0.15, -0.1) is 0 Å². The van der Waals surface area contributed by atoms with Gasteiger partial charge in [-0.1, -0.05) is 17.7 Å². The van der Waals surface area contributed by atoms with Gasteiger partial charge in [-0.05, 0) is 42.5 Å². The van der Waals surface area contributed by atoms with Gasteiger partial charge in [0.25, 0.3) is 5.91 Å². The fourth-order valence-corrected chi connectivity index (χ4v) is 3.13. The Morgan fingerprint density at radius 3 is 2.65 bits per heavy atom. The van der Waals surface area contributed by atoms with E-state index in [2.05, 4.69) is 20.3 Å². The van der Waals surface area contributed by atoms with Crippen LogP contribution in [-0.2, 0) is 6.18 Å². The van der Waals surface area contributed by atoms with Gasteiger partial charge in [-0.25, -0.2) is 9.97 Å². The molecule has 2 heterocycles. The van der Waals surface area contributed by atoms with Crippen molar-refractivity contribution in [1.29, 1.82) is 5.26 Å². The Morgan fingerprint density at radius 1 is 1.16 bits per heavy atom. The van der Waals surface area contributed by atoms with Crippen LogP contribution in [0.25, 0.3) is 22.4 Å². The second-order valence-corrected chi connectivity index (χ2v) is 6.87. The monoisotopic (exact) mass is 441 g/mol. The molecular weight excluding hydrogens is 431 g/mol. The summed E-state index contributed by atoms with van der Waals surface area (Å²) in [5.41, 5.74) is -0.0211. The molecule has 0 saturated carbocycles. The highest BCUT2D eigenvalue weighted by molar-refractivity contribution is 6.29. The number of nitrogens with one attached hydrogen (secondary N) is 2. The van der Waals surface area contributed by atoms with Crippen molar-refractivity contribution in [2.75, 3.05) is 5.32 Å². The van der Waals surface area contributed by atoms with Crippen LogP contribution in [0, 0.1) is 11.3 Å². The highest BCUT2D eigenvalue weighted by Gasteiger charge is 2.34. The number of amides is 1. The minimum Gasteiger partial charge on any atom is -0.338 e. The van der Waals surface area contributed by atoms with E-state index in [1.807, 2.05) is 0 Å². The molecule has 2 aromatic carbocycles. The first kappa shape index (κ1) is 20.4. The lowest BCUT2D eigenvalue weighted by Crippen LogP contribution is -2.14. The average molecular weight is 442 g/mol. The molecule has 1 amide bonds. The van der Waals surface area contributed by atoms with Crippen LogP contribution in [0.5, 0.6) is 0 Å². The van der Waals surface area contributed by atoms with Crippen LogP contribution in [0.1, 0.15) is 21.5 Å². The number of hydrogen-bond acceptors (Lipinski definition) is 4. The Kier molecular flexibility index (Phi) is 5.09. The van der Waals surface area contributed by atoms with Crippen LogP contribution < -0.4 is 5.32 Å². The van der Waals surface area contributed by atoms with Crippen molar-refractivity contribution in [2.24, 2.45) is 0 Å². The Bertz CT molecular complexity index is 1340. The number of pyridine rings is 1. The molecule has 4 rings (SSSR count).